The molecule has 0 unspecified atom stereocenters. The highest BCUT2D eigenvalue weighted by Crippen LogP contribution is 2.28. The predicted molar refractivity (Wildman–Crippen MR) is 127 cm³/mol. The third-order valence-corrected chi connectivity index (χ3v) is 6.08. The van der Waals surface area contributed by atoms with Gasteiger partial charge in [0.05, 0.1) is 11.4 Å². The summed E-state index contributed by atoms with van der Waals surface area (Å²) >= 11 is 0. The SMILES string of the molecule is CCc1cc(N)c(NC(=O)/C=C/c2cccnc2N(C)C2CCCCC2)cc1CC. The van der Waals surface area contributed by atoms with Crippen LogP contribution in [0.4, 0.5) is 17.2 Å². The van der Waals surface area contributed by atoms with E-state index in [4.69, 9.17) is 5.73 Å². The van der Waals surface area contributed by atoms with E-state index in [9.17, 15) is 4.79 Å². The van der Waals surface area contributed by atoms with Crippen molar-refractivity contribution in [2.75, 3.05) is 23.0 Å². The quantitative estimate of drug-likeness (QED) is 0.489. The van der Waals surface area contributed by atoms with Crippen molar-refractivity contribution in [3.63, 3.8) is 0 Å². The molecule has 1 fully saturated rings. The van der Waals surface area contributed by atoms with Crippen LogP contribution in [0, 0.1) is 0 Å². The minimum absolute atomic E-state index is 0.192. The topological polar surface area (TPSA) is 71.2 Å². The number of carbonyl (C=O) groups excluding carboxylic acids is 1. The van der Waals surface area contributed by atoms with E-state index in [1.807, 2.05) is 36.5 Å². The van der Waals surface area contributed by atoms with Crippen LogP contribution in [0.5, 0.6) is 0 Å². The molecule has 5 nitrogen and oxygen atoms in total. The summed E-state index contributed by atoms with van der Waals surface area (Å²) in [5, 5.41) is 2.93. The number of nitrogens with zero attached hydrogens (tertiary/aromatic N) is 2. The Balaban J connectivity index is 1.74. The van der Waals surface area contributed by atoms with Gasteiger partial charge in [0, 0.05) is 30.9 Å². The maximum absolute atomic E-state index is 12.6. The third kappa shape index (κ3) is 5.21. The fourth-order valence-electron chi connectivity index (χ4n) is 4.29. The molecule has 160 valence electrons. The highest BCUT2D eigenvalue weighted by atomic mass is 16.1. The number of aryl methyl sites for hydroxylation is 2. The number of nitrogen functional groups attached to an aromatic ring is 1. The van der Waals surface area contributed by atoms with Gasteiger partial charge in [-0.1, -0.05) is 33.1 Å². The van der Waals surface area contributed by atoms with E-state index in [2.05, 4.69) is 36.1 Å². The van der Waals surface area contributed by atoms with Crippen LogP contribution in [0.1, 0.15) is 62.6 Å². The number of benzene rings is 1. The standard InChI is InChI=1S/C25H34N4O/c1-4-18-16-22(26)23(17-19(18)5-2)28-24(30)14-13-20-10-9-15-27-25(20)29(3)21-11-7-6-8-12-21/h9-10,13-17,21H,4-8,11-12,26H2,1-3H3,(H,28,30)/b14-13+. The second-order valence-corrected chi connectivity index (χ2v) is 8.06. The van der Waals surface area contributed by atoms with E-state index >= 15 is 0 Å². The normalized spacial score (nSPS) is 14.8. The van der Waals surface area contributed by atoms with Gasteiger partial charge in [-0.05, 0) is 67.2 Å². The van der Waals surface area contributed by atoms with Crippen molar-refractivity contribution in [3.05, 3.63) is 53.2 Å². The smallest absolute Gasteiger partial charge is 0.248 e. The van der Waals surface area contributed by atoms with Crippen LogP contribution < -0.4 is 16.0 Å². The maximum atomic E-state index is 12.6. The molecule has 0 bridgehead atoms. The number of anilines is 3. The average Bonchev–Trinajstić information content (AvgIpc) is 2.79. The van der Waals surface area contributed by atoms with Gasteiger partial charge in [0.1, 0.15) is 5.82 Å². The molecule has 30 heavy (non-hydrogen) atoms. The second-order valence-electron chi connectivity index (χ2n) is 8.06. The van der Waals surface area contributed by atoms with E-state index in [0.717, 1.165) is 24.2 Å². The number of nitrogens with one attached hydrogen (secondary N) is 1. The van der Waals surface area contributed by atoms with Gasteiger partial charge in [-0.15, -0.1) is 0 Å². The lowest BCUT2D eigenvalue weighted by Gasteiger charge is -2.32. The molecule has 1 aromatic carbocycles. The van der Waals surface area contributed by atoms with Gasteiger partial charge in [0.2, 0.25) is 5.91 Å². The maximum Gasteiger partial charge on any atom is 0.248 e. The number of hydrogen-bond donors (Lipinski definition) is 2. The van der Waals surface area contributed by atoms with Crippen LogP contribution in [0.15, 0.2) is 36.5 Å². The van der Waals surface area contributed by atoms with E-state index in [1.165, 1.54) is 43.2 Å². The summed E-state index contributed by atoms with van der Waals surface area (Å²) < 4.78 is 0. The first-order chi connectivity index (χ1) is 14.5. The molecule has 2 aromatic rings. The van der Waals surface area contributed by atoms with Crippen molar-refractivity contribution in [3.8, 4) is 0 Å². The fraction of sp³-hybridized carbons (Fsp3) is 0.440. The van der Waals surface area contributed by atoms with Gasteiger partial charge in [-0.25, -0.2) is 4.98 Å². The van der Waals surface area contributed by atoms with E-state index < -0.39 is 0 Å². The molecular formula is C25H34N4O. The Morgan fingerprint density at radius 1 is 1.20 bits per heavy atom. The molecule has 3 N–H and O–H groups in total. The van der Waals surface area contributed by atoms with Gasteiger partial charge in [0.15, 0.2) is 0 Å². The van der Waals surface area contributed by atoms with Crippen molar-refractivity contribution in [1.29, 1.82) is 0 Å². The Hall–Kier alpha value is -2.82. The van der Waals surface area contributed by atoms with Crippen molar-refractivity contribution >= 4 is 29.2 Å². The Morgan fingerprint density at radius 2 is 1.90 bits per heavy atom. The summed E-state index contributed by atoms with van der Waals surface area (Å²) in [7, 11) is 2.11. The third-order valence-electron chi connectivity index (χ3n) is 6.08. The Labute approximate surface area is 180 Å². The van der Waals surface area contributed by atoms with E-state index in [-0.39, 0.29) is 5.91 Å². The number of pyridine rings is 1. The first-order valence-corrected chi connectivity index (χ1v) is 11.1. The van der Waals surface area contributed by atoms with Crippen LogP contribution in [0.3, 0.4) is 0 Å². The monoisotopic (exact) mass is 406 g/mol. The van der Waals surface area contributed by atoms with Gasteiger partial charge in [-0.2, -0.15) is 0 Å². The molecule has 1 amide bonds. The minimum Gasteiger partial charge on any atom is -0.397 e. The van der Waals surface area contributed by atoms with Crippen LogP contribution in [0.25, 0.3) is 6.08 Å². The van der Waals surface area contributed by atoms with Crippen LogP contribution in [-0.4, -0.2) is 24.0 Å². The molecule has 1 aromatic heterocycles. The Morgan fingerprint density at radius 3 is 2.60 bits per heavy atom. The summed E-state index contributed by atoms with van der Waals surface area (Å²) in [5.74, 6) is 0.733. The predicted octanol–water partition coefficient (Wildman–Crippen LogP) is 5.21. The molecule has 3 rings (SSSR count). The first kappa shape index (κ1) is 21.9. The fourth-order valence-corrected chi connectivity index (χ4v) is 4.29. The lowest BCUT2D eigenvalue weighted by atomic mass is 9.94. The summed E-state index contributed by atoms with van der Waals surface area (Å²) in [5.41, 5.74) is 10.8. The zero-order valence-corrected chi connectivity index (χ0v) is 18.4. The summed E-state index contributed by atoms with van der Waals surface area (Å²) in [4.78, 5) is 19.5. The Bertz CT molecular complexity index is 900. The number of aromatic nitrogens is 1. The van der Waals surface area contributed by atoms with E-state index in [0.29, 0.717) is 17.4 Å². The van der Waals surface area contributed by atoms with Crippen molar-refractivity contribution in [2.24, 2.45) is 0 Å². The lowest BCUT2D eigenvalue weighted by molar-refractivity contribution is -0.111. The van der Waals surface area contributed by atoms with E-state index in [1.54, 1.807) is 6.08 Å². The lowest BCUT2D eigenvalue weighted by Crippen LogP contribution is -2.34. The molecule has 1 saturated carbocycles. The summed E-state index contributed by atoms with van der Waals surface area (Å²) in [6, 6.07) is 8.39. The highest BCUT2D eigenvalue weighted by molar-refractivity contribution is 6.04. The Kier molecular flexibility index (Phi) is 7.50. The average molecular weight is 407 g/mol. The minimum atomic E-state index is -0.192. The molecular weight excluding hydrogens is 372 g/mol. The van der Waals surface area contributed by atoms with Gasteiger partial charge in [0.25, 0.3) is 0 Å². The zero-order valence-electron chi connectivity index (χ0n) is 18.4. The molecule has 5 heteroatoms. The van der Waals surface area contributed by atoms with Crippen molar-refractivity contribution in [2.45, 2.75) is 64.8 Å². The number of rotatable bonds is 7. The number of amides is 1. The van der Waals surface area contributed by atoms with Gasteiger partial charge >= 0.3 is 0 Å². The second kappa shape index (κ2) is 10.3. The van der Waals surface area contributed by atoms with Crippen LogP contribution in [0.2, 0.25) is 0 Å². The zero-order chi connectivity index (χ0) is 21.5. The van der Waals surface area contributed by atoms with Crippen LogP contribution in [-0.2, 0) is 17.6 Å². The first-order valence-electron chi connectivity index (χ1n) is 11.1. The molecule has 0 radical (unpaired) electrons. The molecule has 1 aliphatic rings. The molecule has 1 aliphatic carbocycles. The van der Waals surface area contributed by atoms with Crippen LogP contribution >= 0.6 is 0 Å². The highest BCUT2D eigenvalue weighted by Gasteiger charge is 2.20. The van der Waals surface area contributed by atoms with Gasteiger partial charge in [-0.3, -0.25) is 4.79 Å². The molecule has 0 atom stereocenters. The largest absolute Gasteiger partial charge is 0.397 e. The molecule has 0 spiro atoms. The van der Waals surface area contributed by atoms with Crippen molar-refractivity contribution < 1.29 is 4.79 Å². The molecule has 1 heterocycles. The number of carbonyl (C=O) groups is 1. The number of hydrogen-bond acceptors (Lipinski definition) is 4. The number of nitrogens with two attached hydrogens (primary N) is 1. The van der Waals surface area contributed by atoms with Crippen molar-refractivity contribution in [1.82, 2.24) is 4.98 Å². The molecule has 0 aliphatic heterocycles. The molecule has 0 saturated heterocycles. The summed E-state index contributed by atoms with van der Waals surface area (Å²) in [6.45, 7) is 4.23. The van der Waals surface area contributed by atoms with Gasteiger partial charge < -0.3 is 16.0 Å². The summed E-state index contributed by atoms with van der Waals surface area (Å²) in [6.07, 6.45) is 13.3.